The van der Waals surface area contributed by atoms with E-state index in [1.807, 2.05) is 43.6 Å². The number of fused-ring (bicyclic) bond motifs is 1. The third kappa shape index (κ3) is 3.57. The molecule has 118 valence electrons. The van der Waals surface area contributed by atoms with Crippen LogP contribution in [0.2, 0.25) is 0 Å². The summed E-state index contributed by atoms with van der Waals surface area (Å²) in [7, 11) is 1.92. The van der Waals surface area contributed by atoms with Crippen molar-refractivity contribution < 1.29 is 4.74 Å². The minimum atomic E-state index is 0.235. The molecular formula is C18H20N4O. The quantitative estimate of drug-likeness (QED) is 0.758. The molecule has 0 radical (unpaired) electrons. The van der Waals surface area contributed by atoms with Gasteiger partial charge in [0.25, 0.3) is 0 Å². The standard InChI is InChI=1S/C18H20N4O/c1-12(20-2)15-8-16(10-21-9-15)23-11-13-3-4-14-5-6-18(19)22-17(14)7-13/h3-10,12,20H,11H2,1-2H3,(H2,19,22)/t12-/m0/s1. The van der Waals surface area contributed by atoms with Gasteiger partial charge in [-0.1, -0.05) is 12.1 Å². The molecule has 0 fully saturated rings. The maximum atomic E-state index is 5.86. The molecule has 23 heavy (non-hydrogen) atoms. The maximum absolute atomic E-state index is 5.86. The summed E-state index contributed by atoms with van der Waals surface area (Å²) in [6.45, 7) is 2.55. The van der Waals surface area contributed by atoms with Gasteiger partial charge in [0.1, 0.15) is 18.2 Å². The summed E-state index contributed by atoms with van der Waals surface area (Å²) >= 11 is 0. The fraction of sp³-hybridized carbons (Fsp3) is 0.222. The first-order chi connectivity index (χ1) is 11.2. The van der Waals surface area contributed by atoms with E-state index in [4.69, 9.17) is 10.5 Å². The molecule has 2 aromatic heterocycles. The van der Waals surface area contributed by atoms with Crippen LogP contribution in [0.1, 0.15) is 24.1 Å². The second-order valence-corrected chi connectivity index (χ2v) is 5.52. The first kappa shape index (κ1) is 15.2. The molecule has 0 bridgehead atoms. The average Bonchev–Trinajstić information content (AvgIpc) is 2.59. The molecule has 5 heteroatoms. The van der Waals surface area contributed by atoms with E-state index in [1.54, 1.807) is 12.3 Å². The number of nitrogens with two attached hydrogens (primary N) is 1. The van der Waals surface area contributed by atoms with Crippen LogP contribution in [-0.2, 0) is 6.61 Å². The van der Waals surface area contributed by atoms with Crippen LogP contribution in [0.4, 0.5) is 5.82 Å². The molecule has 0 spiro atoms. The molecule has 3 N–H and O–H groups in total. The smallest absolute Gasteiger partial charge is 0.138 e. The van der Waals surface area contributed by atoms with E-state index in [0.29, 0.717) is 12.4 Å². The topological polar surface area (TPSA) is 73.1 Å². The van der Waals surface area contributed by atoms with Gasteiger partial charge in [-0.05, 0) is 49.4 Å². The highest BCUT2D eigenvalue weighted by Crippen LogP contribution is 2.20. The van der Waals surface area contributed by atoms with Gasteiger partial charge in [-0.3, -0.25) is 4.98 Å². The number of hydrogen-bond acceptors (Lipinski definition) is 5. The molecular weight excluding hydrogens is 288 g/mol. The lowest BCUT2D eigenvalue weighted by Gasteiger charge is -2.12. The van der Waals surface area contributed by atoms with Gasteiger partial charge in [-0.25, -0.2) is 4.98 Å². The normalized spacial score (nSPS) is 12.3. The number of ether oxygens (including phenoxy) is 1. The Bertz CT molecular complexity index is 819. The second kappa shape index (κ2) is 6.62. The van der Waals surface area contributed by atoms with E-state index in [2.05, 4.69) is 22.2 Å². The Kier molecular flexibility index (Phi) is 4.39. The number of pyridine rings is 2. The van der Waals surface area contributed by atoms with Gasteiger partial charge in [0.15, 0.2) is 0 Å². The summed E-state index contributed by atoms with van der Waals surface area (Å²) < 4.78 is 5.86. The highest BCUT2D eigenvalue weighted by atomic mass is 16.5. The molecule has 3 rings (SSSR count). The average molecular weight is 308 g/mol. The minimum absolute atomic E-state index is 0.235. The largest absolute Gasteiger partial charge is 0.487 e. The molecule has 2 heterocycles. The van der Waals surface area contributed by atoms with Crippen molar-refractivity contribution >= 4 is 16.7 Å². The van der Waals surface area contributed by atoms with Gasteiger partial charge in [-0.15, -0.1) is 0 Å². The Morgan fingerprint density at radius 2 is 2.00 bits per heavy atom. The third-order valence-electron chi connectivity index (χ3n) is 3.85. The summed E-state index contributed by atoms with van der Waals surface area (Å²) in [5.41, 5.74) is 8.76. The molecule has 0 saturated heterocycles. The van der Waals surface area contributed by atoms with Crippen LogP contribution >= 0.6 is 0 Å². The maximum Gasteiger partial charge on any atom is 0.138 e. The lowest BCUT2D eigenvalue weighted by molar-refractivity contribution is 0.304. The van der Waals surface area contributed by atoms with Crippen molar-refractivity contribution in [3.63, 3.8) is 0 Å². The molecule has 0 saturated carbocycles. The summed E-state index contributed by atoms with van der Waals surface area (Å²) in [6.07, 6.45) is 3.57. The van der Waals surface area contributed by atoms with E-state index < -0.39 is 0 Å². The first-order valence-electron chi connectivity index (χ1n) is 7.56. The minimum Gasteiger partial charge on any atom is -0.487 e. The number of hydrogen-bond donors (Lipinski definition) is 2. The van der Waals surface area contributed by atoms with Crippen LogP contribution in [0, 0.1) is 0 Å². The molecule has 3 aromatic rings. The van der Waals surface area contributed by atoms with E-state index in [0.717, 1.165) is 27.8 Å². The zero-order chi connectivity index (χ0) is 16.2. The Balaban J connectivity index is 1.75. The molecule has 0 amide bonds. The molecule has 0 aliphatic heterocycles. The first-order valence-corrected chi connectivity index (χ1v) is 7.56. The summed E-state index contributed by atoms with van der Waals surface area (Å²) in [4.78, 5) is 8.57. The lowest BCUT2D eigenvalue weighted by atomic mass is 10.1. The fourth-order valence-electron chi connectivity index (χ4n) is 2.35. The van der Waals surface area contributed by atoms with Crippen molar-refractivity contribution in [2.24, 2.45) is 0 Å². The van der Waals surface area contributed by atoms with Crippen LogP contribution in [0.3, 0.4) is 0 Å². The number of benzene rings is 1. The number of rotatable bonds is 5. The number of aromatic nitrogens is 2. The fourth-order valence-corrected chi connectivity index (χ4v) is 2.35. The molecule has 0 aliphatic carbocycles. The Hall–Kier alpha value is -2.66. The molecule has 5 nitrogen and oxygen atoms in total. The van der Waals surface area contributed by atoms with Gasteiger partial charge in [0, 0.05) is 17.6 Å². The van der Waals surface area contributed by atoms with Crippen molar-refractivity contribution in [1.82, 2.24) is 15.3 Å². The summed E-state index contributed by atoms with van der Waals surface area (Å²) in [5.74, 6) is 1.28. The van der Waals surface area contributed by atoms with Crippen molar-refractivity contribution in [3.8, 4) is 5.75 Å². The zero-order valence-corrected chi connectivity index (χ0v) is 13.3. The van der Waals surface area contributed by atoms with E-state index in [9.17, 15) is 0 Å². The van der Waals surface area contributed by atoms with Gasteiger partial charge in [0.05, 0.1) is 11.7 Å². The number of nitrogens with one attached hydrogen (secondary N) is 1. The van der Waals surface area contributed by atoms with Crippen molar-refractivity contribution in [1.29, 1.82) is 0 Å². The predicted molar refractivity (Wildman–Crippen MR) is 92.2 cm³/mol. The molecule has 0 aliphatic rings. The predicted octanol–water partition coefficient (Wildman–Crippen LogP) is 3.07. The summed E-state index contributed by atoms with van der Waals surface area (Å²) in [6, 6.07) is 12.1. The SMILES string of the molecule is CN[C@@H](C)c1cncc(OCc2ccc3ccc(N)nc3c2)c1. The Labute approximate surface area is 135 Å². The zero-order valence-electron chi connectivity index (χ0n) is 13.3. The lowest BCUT2D eigenvalue weighted by Crippen LogP contribution is -2.12. The van der Waals surface area contributed by atoms with Gasteiger partial charge in [0.2, 0.25) is 0 Å². The van der Waals surface area contributed by atoms with E-state index >= 15 is 0 Å². The second-order valence-electron chi connectivity index (χ2n) is 5.52. The molecule has 1 atom stereocenters. The molecule has 1 aromatic carbocycles. The highest BCUT2D eigenvalue weighted by molar-refractivity contribution is 5.80. The Morgan fingerprint density at radius 1 is 1.17 bits per heavy atom. The number of anilines is 1. The van der Waals surface area contributed by atoms with E-state index in [-0.39, 0.29) is 6.04 Å². The third-order valence-corrected chi connectivity index (χ3v) is 3.85. The van der Waals surface area contributed by atoms with Gasteiger partial charge in [-0.2, -0.15) is 0 Å². The highest BCUT2D eigenvalue weighted by Gasteiger charge is 2.05. The van der Waals surface area contributed by atoms with Crippen molar-refractivity contribution in [2.45, 2.75) is 19.6 Å². The number of nitrogen functional groups attached to an aromatic ring is 1. The van der Waals surface area contributed by atoms with Crippen LogP contribution in [0.25, 0.3) is 10.9 Å². The monoisotopic (exact) mass is 308 g/mol. The van der Waals surface area contributed by atoms with Crippen molar-refractivity contribution in [3.05, 3.63) is 59.9 Å². The van der Waals surface area contributed by atoms with Crippen LogP contribution in [0.5, 0.6) is 5.75 Å². The van der Waals surface area contributed by atoms with Crippen LogP contribution in [-0.4, -0.2) is 17.0 Å². The number of nitrogens with zero attached hydrogens (tertiary/aromatic N) is 2. The van der Waals surface area contributed by atoms with Crippen molar-refractivity contribution in [2.75, 3.05) is 12.8 Å². The van der Waals surface area contributed by atoms with Gasteiger partial charge < -0.3 is 15.8 Å². The molecule has 0 unspecified atom stereocenters. The van der Waals surface area contributed by atoms with E-state index in [1.165, 1.54) is 0 Å². The van der Waals surface area contributed by atoms with Gasteiger partial charge >= 0.3 is 0 Å². The van der Waals surface area contributed by atoms with Crippen LogP contribution < -0.4 is 15.8 Å². The van der Waals surface area contributed by atoms with Crippen LogP contribution in [0.15, 0.2) is 48.8 Å². The Morgan fingerprint density at radius 3 is 2.83 bits per heavy atom. The summed E-state index contributed by atoms with van der Waals surface area (Å²) in [5, 5.41) is 4.26.